The van der Waals surface area contributed by atoms with Gasteiger partial charge in [0.05, 0.1) is 23.7 Å². The number of pyridine rings is 1. The van der Waals surface area contributed by atoms with Gasteiger partial charge in [0.1, 0.15) is 11.6 Å². The molecule has 7 aromatic rings. The summed E-state index contributed by atoms with van der Waals surface area (Å²) in [5.41, 5.74) is 5.92. The van der Waals surface area contributed by atoms with Crippen molar-refractivity contribution in [1.82, 2.24) is 24.5 Å². The summed E-state index contributed by atoms with van der Waals surface area (Å²) in [6.45, 7) is 6.65. The van der Waals surface area contributed by atoms with Crippen molar-refractivity contribution in [3.8, 4) is 45.7 Å². The van der Waals surface area contributed by atoms with Gasteiger partial charge in [-0.15, -0.1) is 0 Å². The fourth-order valence-electron chi connectivity index (χ4n) is 5.52. The van der Waals surface area contributed by atoms with Gasteiger partial charge in [-0.25, -0.2) is 19.9 Å². The van der Waals surface area contributed by atoms with Crippen molar-refractivity contribution >= 4 is 21.8 Å². The van der Waals surface area contributed by atoms with Crippen LogP contribution in [0.5, 0.6) is 5.75 Å². The van der Waals surface area contributed by atoms with Crippen molar-refractivity contribution in [2.24, 2.45) is 0 Å². The van der Waals surface area contributed by atoms with Crippen LogP contribution in [0.3, 0.4) is 0 Å². The zero-order valence-electron chi connectivity index (χ0n) is 24.6. The molecule has 6 nitrogen and oxygen atoms in total. The molecule has 0 spiro atoms. The van der Waals surface area contributed by atoms with Crippen molar-refractivity contribution < 1.29 is 4.74 Å². The van der Waals surface area contributed by atoms with Crippen LogP contribution >= 0.6 is 0 Å². The van der Waals surface area contributed by atoms with Gasteiger partial charge in [0.15, 0.2) is 17.5 Å². The zero-order chi connectivity index (χ0) is 29.6. The molecule has 0 radical (unpaired) electrons. The second-order valence-electron chi connectivity index (χ2n) is 11.6. The summed E-state index contributed by atoms with van der Waals surface area (Å²) in [6, 6.07) is 36.9. The summed E-state index contributed by atoms with van der Waals surface area (Å²) in [5, 5.41) is 2.18. The fourth-order valence-corrected chi connectivity index (χ4v) is 5.52. The first kappa shape index (κ1) is 26.5. The molecule has 0 aliphatic rings. The van der Waals surface area contributed by atoms with Gasteiger partial charge in [0.25, 0.3) is 0 Å². The topological polar surface area (TPSA) is 65.7 Å². The van der Waals surface area contributed by atoms with E-state index in [0.717, 1.165) is 44.3 Å². The van der Waals surface area contributed by atoms with Crippen LogP contribution in [0.15, 0.2) is 115 Å². The molecule has 7 rings (SSSR count). The number of methoxy groups -OCH3 is 1. The van der Waals surface area contributed by atoms with Gasteiger partial charge < -0.3 is 4.74 Å². The Morgan fingerprint density at radius 1 is 0.605 bits per heavy atom. The summed E-state index contributed by atoms with van der Waals surface area (Å²) >= 11 is 0. The van der Waals surface area contributed by atoms with E-state index in [-0.39, 0.29) is 5.41 Å². The van der Waals surface area contributed by atoms with Crippen LogP contribution in [0.2, 0.25) is 0 Å². The largest absolute Gasteiger partial charge is 0.496 e. The van der Waals surface area contributed by atoms with E-state index in [1.807, 2.05) is 66.9 Å². The minimum atomic E-state index is -0.00703. The summed E-state index contributed by atoms with van der Waals surface area (Å²) in [5.74, 6) is 3.31. The van der Waals surface area contributed by atoms with Crippen molar-refractivity contribution in [3.05, 3.63) is 121 Å². The molecule has 0 unspecified atom stereocenters. The Morgan fingerprint density at radius 3 is 1.84 bits per heavy atom. The van der Waals surface area contributed by atoms with E-state index in [0.29, 0.717) is 23.2 Å². The number of nitrogens with zero attached hydrogens (tertiary/aromatic N) is 5. The van der Waals surface area contributed by atoms with E-state index in [1.54, 1.807) is 7.11 Å². The first-order valence-electron chi connectivity index (χ1n) is 14.4. The highest BCUT2D eigenvalue weighted by Gasteiger charge is 2.21. The molecule has 4 aromatic carbocycles. The van der Waals surface area contributed by atoms with E-state index in [1.165, 1.54) is 5.56 Å². The molecule has 0 saturated heterocycles. The molecule has 210 valence electrons. The SMILES string of the molecule is COc1cc2c(cc1-c1nc(-c3ccccc3)nc(-c3ccccc3)n1)c1ccccc1n2-c1cc(C(C)(C)C)ccn1. The van der Waals surface area contributed by atoms with Crippen LogP contribution in [0.25, 0.3) is 61.8 Å². The van der Waals surface area contributed by atoms with E-state index in [4.69, 9.17) is 24.7 Å². The van der Waals surface area contributed by atoms with Crippen LogP contribution < -0.4 is 4.74 Å². The second-order valence-corrected chi connectivity index (χ2v) is 11.6. The molecule has 0 amide bonds. The van der Waals surface area contributed by atoms with Crippen LogP contribution in [-0.4, -0.2) is 31.6 Å². The molecular formula is C37H31N5O. The minimum Gasteiger partial charge on any atom is -0.496 e. The molecule has 0 saturated carbocycles. The van der Waals surface area contributed by atoms with Crippen molar-refractivity contribution in [1.29, 1.82) is 0 Å². The maximum Gasteiger partial charge on any atom is 0.167 e. The molecule has 3 aromatic heterocycles. The van der Waals surface area contributed by atoms with Crippen molar-refractivity contribution in [3.63, 3.8) is 0 Å². The number of ether oxygens (including phenoxy) is 1. The average molecular weight is 562 g/mol. The molecule has 0 fully saturated rings. The van der Waals surface area contributed by atoms with Gasteiger partial charge in [-0.3, -0.25) is 4.57 Å². The number of hydrogen-bond acceptors (Lipinski definition) is 5. The molecular weight excluding hydrogens is 530 g/mol. The Kier molecular flexibility index (Phi) is 6.47. The van der Waals surface area contributed by atoms with Gasteiger partial charge in [0.2, 0.25) is 0 Å². The summed E-state index contributed by atoms with van der Waals surface area (Å²) in [6.07, 6.45) is 1.89. The molecule has 3 heterocycles. The van der Waals surface area contributed by atoms with E-state index in [2.05, 4.69) is 73.9 Å². The smallest absolute Gasteiger partial charge is 0.167 e. The van der Waals surface area contributed by atoms with Gasteiger partial charge >= 0.3 is 0 Å². The summed E-state index contributed by atoms with van der Waals surface area (Å²) < 4.78 is 8.24. The molecule has 43 heavy (non-hydrogen) atoms. The predicted molar refractivity (Wildman–Crippen MR) is 174 cm³/mol. The third kappa shape index (κ3) is 4.81. The van der Waals surface area contributed by atoms with E-state index < -0.39 is 0 Å². The first-order valence-corrected chi connectivity index (χ1v) is 14.4. The molecule has 0 aliphatic heterocycles. The average Bonchev–Trinajstić information content (AvgIpc) is 3.37. The molecule has 0 aliphatic carbocycles. The maximum atomic E-state index is 6.03. The standard InChI is InChI=1S/C37H31N5O/c1-37(2,3)26-19-20-38-33(21-26)42-30-18-12-11-17-27(30)28-22-29(32(43-4)23-31(28)42)36-40-34(24-13-7-5-8-14-24)39-35(41-36)25-15-9-6-10-16-25/h5-23H,1-4H3. The Balaban J connectivity index is 1.50. The third-order valence-electron chi connectivity index (χ3n) is 7.77. The highest BCUT2D eigenvalue weighted by Crippen LogP contribution is 2.40. The lowest BCUT2D eigenvalue weighted by Crippen LogP contribution is -2.12. The predicted octanol–water partition coefficient (Wildman–Crippen LogP) is 8.67. The van der Waals surface area contributed by atoms with Gasteiger partial charge in [-0.05, 0) is 35.2 Å². The van der Waals surface area contributed by atoms with Crippen molar-refractivity contribution in [2.45, 2.75) is 26.2 Å². The number of fused-ring (bicyclic) bond motifs is 3. The number of aromatic nitrogens is 5. The highest BCUT2D eigenvalue weighted by molar-refractivity contribution is 6.11. The highest BCUT2D eigenvalue weighted by atomic mass is 16.5. The van der Waals surface area contributed by atoms with Crippen molar-refractivity contribution in [2.75, 3.05) is 7.11 Å². The Bertz CT molecular complexity index is 2040. The molecule has 6 heteroatoms. The molecule has 0 N–H and O–H groups in total. The second kappa shape index (κ2) is 10.5. The quantitative estimate of drug-likeness (QED) is 0.210. The van der Waals surface area contributed by atoms with Crippen LogP contribution in [0.4, 0.5) is 0 Å². The Labute approximate surface area is 250 Å². The third-order valence-corrected chi connectivity index (χ3v) is 7.77. The monoisotopic (exact) mass is 561 g/mol. The zero-order valence-corrected chi connectivity index (χ0v) is 24.6. The Morgan fingerprint density at radius 2 is 1.21 bits per heavy atom. The van der Waals surface area contributed by atoms with E-state index >= 15 is 0 Å². The van der Waals surface area contributed by atoms with Crippen LogP contribution in [0, 0.1) is 0 Å². The number of benzene rings is 4. The molecule has 0 bridgehead atoms. The summed E-state index contributed by atoms with van der Waals surface area (Å²) in [4.78, 5) is 19.6. The van der Waals surface area contributed by atoms with Crippen LogP contribution in [-0.2, 0) is 5.41 Å². The Hall–Kier alpha value is -5.36. The lowest BCUT2D eigenvalue weighted by atomic mass is 9.88. The first-order chi connectivity index (χ1) is 20.9. The van der Waals surface area contributed by atoms with Gasteiger partial charge in [0, 0.05) is 34.2 Å². The normalized spacial score (nSPS) is 11.7. The number of rotatable bonds is 5. The number of para-hydroxylation sites is 1. The lowest BCUT2D eigenvalue weighted by molar-refractivity contribution is 0.416. The van der Waals surface area contributed by atoms with Gasteiger partial charge in [-0.1, -0.05) is 99.6 Å². The summed E-state index contributed by atoms with van der Waals surface area (Å²) in [7, 11) is 1.69. The minimum absolute atomic E-state index is 0.00703. The maximum absolute atomic E-state index is 6.03. The van der Waals surface area contributed by atoms with Gasteiger partial charge in [-0.2, -0.15) is 0 Å². The molecule has 0 atom stereocenters. The lowest BCUT2D eigenvalue weighted by Gasteiger charge is -2.20. The van der Waals surface area contributed by atoms with Crippen LogP contribution in [0.1, 0.15) is 26.3 Å². The fraction of sp³-hybridized carbons (Fsp3) is 0.135. The number of hydrogen-bond donors (Lipinski definition) is 0. The van der Waals surface area contributed by atoms with E-state index in [9.17, 15) is 0 Å².